The lowest BCUT2D eigenvalue weighted by Gasteiger charge is -2.20. The number of halogens is 2. The second-order valence-electron chi connectivity index (χ2n) is 5.39. The number of carbonyl (C=O) groups is 1. The SMILES string of the molecule is Cc1cc(C)c2ccc(N(C(N)=O)c3ccc(Cl)c(Cl)c3)nc2n1. The van der Waals surface area contributed by atoms with E-state index in [1.54, 1.807) is 24.3 Å². The van der Waals surface area contributed by atoms with E-state index < -0.39 is 6.03 Å². The summed E-state index contributed by atoms with van der Waals surface area (Å²) < 4.78 is 0. The minimum Gasteiger partial charge on any atom is -0.351 e. The molecule has 0 aliphatic carbocycles. The molecule has 0 saturated heterocycles. The van der Waals surface area contributed by atoms with Gasteiger partial charge in [-0.25, -0.2) is 19.7 Å². The Balaban J connectivity index is 2.17. The van der Waals surface area contributed by atoms with E-state index in [9.17, 15) is 4.79 Å². The molecule has 2 heterocycles. The molecule has 24 heavy (non-hydrogen) atoms. The number of primary amides is 1. The first kappa shape index (κ1) is 16.5. The van der Waals surface area contributed by atoms with Crippen LogP contribution in [0.25, 0.3) is 11.0 Å². The molecule has 0 radical (unpaired) electrons. The quantitative estimate of drug-likeness (QED) is 0.715. The molecule has 0 spiro atoms. The lowest BCUT2D eigenvalue weighted by molar-refractivity contribution is 0.256. The Labute approximate surface area is 149 Å². The van der Waals surface area contributed by atoms with Crippen molar-refractivity contribution in [1.29, 1.82) is 0 Å². The predicted octanol–water partition coefficient (Wildman–Crippen LogP) is 4.77. The number of pyridine rings is 2. The molecule has 0 aliphatic rings. The van der Waals surface area contributed by atoms with E-state index in [0.717, 1.165) is 16.6 Å². The van der Waals surface area contributed by atoms with Gasteiger partial charge in [0, 0.05) is 11.1 Å². The first-order chi connectivity index (χ1) is 11.4. The Hall–Kier alpha value is -2.37. The van der Waals surface area contributed by atoms with Crippen molar-refractivity contribution in [2.24, 2.45) is 5.73 Å². The average Bonchev–Trinajstić information content (AvgIpc) is 2.50. The second-order valence-corrected chi connectivity index (χ2v) is 6.21. The Bertz CT molecular complexity index is 959. The summed E-state index contributed by atoms with van der Waals surface area (Å²) in [6.45, 7) is 3.88. The number of anilines is 2. The van der Waals surface area contributed by atoms with E-state index >= 15 is 0 Å². The van der Waals surface area contributed by atoms with Crippen LogP contribution in [0.1, 0.15) is 11.3 Å². The summed E-state index contributed by atoms with van der Waals surface area (Å²) in [6, 6.07) is 9.71. The number of rotatable bonds is 2. The van der Waals surface area contributed by atoms with E-state index in [1.807, 2.05) is 26.0 Å². The van der Waals surface area contributed by atoms with E-state index in [1.165, 1.54) is 4.90 Å². The summed E-state index contributed by atoms with van der Waals surface area (Å²) in [5.41, 5.74) is 8.49. The molecule has 7 heteroatoms. The molecule has 1 aromatic carbocycles. The maximum absolute atomic E-state index is 12.0. The number of aromatic nitrogens is 2. The number of nitrogens with two attached hydrogens (primary N) is 1. The second kappa shape index (κ2) is 6.26. The van der Waals surface area contributed by atoms with Crippen LogP contribution in [0, 0.1) is 13.8 Å². The van der Waals surface area contributed by atoms with Crippen molar-refractivity contribution in [3.8, 4) is 0 Å². The summed E-state index contributed by atoms with van der Waals surface area (Å²) in [4.78, 5) is 22.2. The van der Waals surface area contributed by atoms with Gasteiger partial charge >= 0.3 is 6.03 Å². The Morgan fingerprint density at radius 1 is 1.04 bits per heavy atom. The highest BCUT2D eigenvalue weighted by Gasteiger charge is 2.18. The van der Waals surface area contributed by atoms with E-state index in [2.05, 4.69) is 9.97 Å². The highest BCUT2D eigenvalue weighted by atomic mass is 35.5. The van der Waals surface area contributed by atoms with Gasteiger partial charge in [0.1, 0.15) is 5.82 Å². The predicted molar refractivity (Wildman–Crippen MR) is 97.2 cm³/mol. The Morgan fingerprint density at radius 3 is 2.46 bits per heavy atom. The average molecular weight is 361 g/mol. The van der Waals surface area contributed by atoms with Crippen LogP contribution in [0.3, 0.4) is 0 Å². The monoisotopic (exact) mass is 360 g/mol. The summed E-state index contributed by atoms with van der Waals surface area (Å²) >= 11 is 12.0. The Kier molecular flexibility index (Phi) is 4.30. The smallest absolute Gasteiger partial charge is 0.325 e. The van der Waals surface area contributed by atoms with Gasteiger partial charge in [0.05, 0.1) is 15.7 Å². The van der Waals surface area contributed by atoms with Gasteiger partial charge in [0.15, 0.2) is 5.65 Å². The van der Waals surface area contributed by atoms with E-state index in [-0.39, 0.29) is 0 Å². The minimum atomic E-state index is -0.676. The molecule has 0 bridgehead atoms. The summed E-state index contributed by atoms with van der Waals surface area (Å²) in [7, 11) is 0. The zero-order valence-corrected chi connectivity index (χ0v) is 14.6. The molecule has 0 fully saturated rings. The van der Waals surface area contributed by atoms with Gasteiger partial charge in [-0.1, -0.05) is 23.2 Å². The van der Waals surface area contributed by atoms with Crippen molar-refractivity contribution in [3.63, 3.8) is 0 Å². The van der Waals surface area contributed by atoms with Crippen molar-refractivity contribution in [2.75, 3.05) is 4.90 Å². The van der Waals surface area contributed by atoms with Crippen LogP contribution in [-0.2, 0) is 0 Å². The standard InChI is InChI=1S/C17H14Cl2N4O/c1-9-7-10(2)21-16-12(9)4-6-15(22-16)23(17(20)24)11-3-5-13(18)14(19)8-11/h3-8H,1-2H3,(H2,20,24). The Morgan fingerprint density at radius 2 is 1.79 bits per heavy atom. The van der Waals surface area contributed by atoms with Gasteiger partial charge in [0.2, 0.25) is 0 Å². The molecular weight excluding hydrogens is 347 g/mol. The highest BCUT2D eigenvalue weighted by molar-refractivity contribution is 6.42. The van der Waals surface area contributed by atoms with Gasteiger partial charge in [-0.05, 0) is 55.8 Å². The van der Waals surface area contributed by atoms with Crippen molar-refractivity contribution < 1.29 is 4.79 Å². The summed E-state index contributed by atoms with van der Waals surface area (Å²) in [6.07, 6.45) is 0. The third-order valence-electron chi connectivity index (χ3n) is 3.60. The van der Waals surface area contributed by atoms with Crippen LogP contribution in [0.4, 0.5) is 16.3 Å². The van der Waals surface area contributed by atoms with Crippen LogP contribution in [0.5, 0.6) is 0 Å². The molecule has 122 valence electrons. The number of hydrogen-bond acceptors (Lipinski definition) is 3. The molecule has 2 aromatic heterocycles. The third-order valence-corrected chi connectivity index (χ3v) is 4.34. The number of nitrogens with zero attached hydrogens (tertiary/aromatic N) is 3. The minimum absolute atomic E-state index is 0.325. The summed E-state index contributed by atoms with van der Waals surface area (Å²) in [5.74, 6) is 0.367. The number of amides is 2. The van der Waals surface area contributed by atoms with E-state index in [4.69, 9.17) is 28.9 Å². The first-order valence-corrected chi connectivity index (χ1v) is 7.92. The molecule has 3 aromatic rings. The number of urea groups is 1. The highest BCUT2D eigenvalue weighted by Crippen LogP contribution is 2.31. The third kappa shape index (κ3) is 3.00. The van der Waals surface area contributed by atoms with Gasteiger partial charge in [0.25, 0.3) is 0 Å². The molecule has 2 amide bonds. The van der Waals surface area contributed by atoms with Crippen LogP contribution in [0.15, 0.2) is 36.4 Å². The number of fused-ring (bicyclic) bond motifs is 1. The molecule has 0 atom stereocenters. The fraction of sp³-hybridized carbons (Fsp3) is 0.118. The zero-order valence-electron chi connectivity index (χ0n) is 13.0. The molecule has 0 aliphatic heterocycles. The van der Waals surface area contributed by atoms with Gasteiger partial charge in [-0.15, -0.1) is 0 Å². The topological polar surface area (TPSA) is 72.1 Å². The largest absolute Gasteiger partial charge is 0.351 e. The number of aryl methyl sites for hydroxylation is 2. The molecule has 0 saturated carbocycles. The molecule has 2 N–H and O–H groups in total. The van der Waals surface area contributed by atoms with Crippen molar-refractivity contribution in [3.05, 3.63) is 57.7 Å². The normalized spacial score (nSPS) is 10.8. The lowest BCUT2D eigenvalue weighted by atomic mass is 10.1. The van der Waals surface area contributed by atoms with Crippen molar-refractivity contribution >= 4 is 51.8 Å². The number of benzene rings is 1. The zero-order chi connectivity index (χ0) is 17.4. The number of hydrogen-bond donors (Lipinski definition) is 1. The molecule has 5 nitrogen and oxygen atoms in total. The molecule has 3 rings (SSSR count). The number of carbonyl (C=O) groups excluding carboxylic acids is 1. The van der Waals surface area contributed by atoms with Crippen LogP contribution in [-0.4, -0.2) is 16.0 Å². The fourth-order valence-electron chi connectivity index (χ4n) is 2.54. The van der Waals surface area contributed by atoms with Gasteiger partial charge in [-0.3, -0.25) is 0 Å². The van der Waals surface area contributed by atoms with Gasteiger partial charge < -0.3 is 5.73 Å². The van der Waals surface area contributed by atoms with Crippen LogP contribution >= 0.6 is 23.2 Å². The maximum Gasteiger partial charge on any atom is 0.325 e. The summed E-state index contributed by atoms with van der Waals surface area (Å²) in [5, 5.41) is 1.64. The fourth-order valence-corrected chi connectivity index (χ4v) is 2.84. The van der Waals surface area contributed by atoms with E-state index in [0.29, 0.717) is 27.2 Å². The van der Waals surface area contributed by atoms with Crippen LogP contribution in [0.2, 0.25) is 10.0 Å². The molecule has 0 unspecified atom stereocenters. The lowest BCUT2D eigenvalue weighted by Crippen LogP contribution is -2.32. The van der Waals surface area contributed by atoms with Crippen molar-refractivity contribution in [2.45, 2.75) is 13.8 Å². The molecular formula is C17H14Cl2N4O. The van der Waals surface area contributed by atoms with Crippen molar-refractivity contribution in [1.82, 2.24) is 9.97 Å². The van der Waals surface area contributed by atoms with Crippen LogP contribution < -0.4 is 10.6 Å². The van der Waals surface area contributed by atoms with Gasteiger partial charge in [-0.2, -0.15) is 0 Å². The maximum atomic E-state index is 12.0. The first-order valence-electron chi connectivity index (χ1n) is 7.16.